The van der Waals surface area contributed by atoms with Gasteiger partial charge in [0.15, 0.2) is 11.9 Å². The molecular formula is C11H8Cl2N6S. The summed E-state index contributed by atoms with van der Waals surface area (Å²) in [6, 6.07) is 5.03. The molecule has 1 aromatic carbocycles. The largest absolute Gasteiger partial charge is 0.368 e. The van der Waals surface area contributed by atoms with E-state index in [0.717, 1.165) is 5.56 Å². The predicted octanol–water partition coefficient (Wildman–Crippen LogP) is 3.10. The van der Waals surface area contributed by atoms with Gasteiger partial charge in [0.1, 0.15) is 5.04 Å². The zero-order chi connectivity index (χ0) is 14.1. The standard InChI is InChI=1S/C11H8Cl2N6S/c12-6-2-1-5(7(13)3-6)4-20-10-8-9(18-19-17-8)15-11(14)16-10/h1-3,8H,4H2,(H2,14,15,17,18). The molecule has 2 aliphatic rings. The summed E-state index contributed by atoms with van der Waals surface area (Å²) in [5, 5.41) is 13.3. The van der Waals surface area contributed by atoms with Crippen LogP contribution >= 0.6 is 35.0 Å². The molecule has 102 valence electrons. The molecule has 0 spiro atoms. The van der Waals surface area contributed by atoms with Crippen molar-refractivity contribution in [3.05, 3.63) is 33.8 Å². The summed E-state index contributed by atoms with van der Waals surface area (Å²) in [6.45, 7) is 0. The van der Waals surface area contributed by atoms with Crippen molar-refractivity contribution in [2.45, 2.75) is 11.8 Å². The Hall–Kier alpha value is -1.44. The Morgan fingerprint density at radius 1 is 1.25 bits per heavy atom. The van der Waals surface area contributed by atoms with Crippen molar-refractivity contribution in [1.82, 2.24) is 0 Å². The van der Waals surface area contributed by atoms with E-state index in [1.165, 1.54) is 11.8 Å². The van der Waals surface area contributed by atoms with Crippen LogP contribution in [0.5, 0.6) is 0 Å². The van der Waals surface area contributed by atoms with E-state index in [1.54, 1.807) is 12.1 Å². The van der Waals surface area contributed by atoms with E-state index in [1.807, 2.05) is 6.07 Å². The number of fused-ring (bicyclic) bond motifs is 1. The topological polar surface area (TPSA) is 87.8 Å². The van der Waals surface area contributed by atoms with Gasteiger partial charge >= 0.3 is 0 Å². The molecule has 0 amide bonds. The van der Waals surface area contributed by atoms with E-state index in [-0.39, 0.29) is 12.0 Å². The van der Waals surface area contributed by atoms with Crippen LogP contribution in [-0.2, 0) is 5.75 Å². The average Bonchev–Trinajstić information content (AvgIpc) is 2.85. The van der Waals surface area contributed by atoms with Crippen molar-refractivity contribution in [1.29, 1.82) is 0 Å². The Kier molecular flexibility index (Phi) is 3.73. The van der Waals surface area contributed by atoms with E-state index < -0.39 is 0 Å². The minimum atomic E-state index is -0.349. The molecule has 1 atom stereocenters. The zero-order valence-corrected chi connectivity index (χ0v) is 12.3. The molecular weight excluding hydrogens is 319 g/mol. The lowest BCUT2D eigenvalue weighted by molar-refractivity contribution is 1.00. The number of thioether (sulfide) groups is 1. The van der Waals surface area contributed by atoms with Crippen molar-refractivity contribution in [3.8, 4) is 0 Å². The number of nitrogens with zero attached hydrogens (tertiary/aromatic N) is 5. The van der Waals surface area contributed by atoms with Gasteiger partial charge in [-0.15, -0.1) is 16.9 Å². The van der Waals surface area contributed by atoms with E-state index in [2.05, 4.69) is 25.4 Å². The first kappa shape index (κ1) is 13.5. The fourth-order valence-electron chi connectivity index (χ4n) is 1.69. The third kappa shape index (κ3) is 2.70. The van der Waals surface area contributed by atoms with Crippen LogP contribution in [0.2, 0.25) is 10.0 Å². The van der Waals surface area contributed by atoms with Gasteiger partial charge in [-0.25, -0.2) is 4.99 Å². The van der Waals surface area contributed by atoms with Crippen molar-refractivity contribution in [3.63, 3.8) is 0 Å². The molecule has 2 heterocycles. The lowest BCUT2D eigenvalue weighted by Gasteiger charge is -2.14. The number of benzene rings is 1. The van der Waals surface area contributed by atoms with E-state index in [4.69, 9.17) is 28.9 Å². The molecule has 0 saturated heterocycles. The summed E-state index contributed by atoms with van der Waals surface area (Å²) in [5.41, 5.74) is 6.60. The van der Waals surface area contributed by atoms with Gasteiger partial charge < -0.3 is 5.73 Å². The molecule has 1 aromatic rings. The predicted molar refractivity (Wildman–Crippen MR) is 82.9 cm³/mol. The van der Waals surface area contributed by atoms with Gasteiger partial charge in [0, 0.05) is 15.8 Å². The van der Waals surface area contributed by atoms with Crippen LogP contribution in [0.3, 0.4) is 0 Å². The molecule has 0 saturated carbocycles. The van der Waals surface area contributed by atoms with Crippen LogP contribution in [0.25, 0.3) is 0 Å². The molecule has 2 N–H and O–H groups in total. The Bertz CT molecular complexity index is 681. The zero-order valence-electron chi connectivity index (χ0n) is 9.99. The van der Waals surface area contributed by atoms with Crippen molar-refractivity contribution in [2.75, 3.05) is 0 Å². The van der Waals surface area contributed by atoms with Gasteiger partial charge in [-0.05, 0) is 22.9 Å². The maximum absolute atomic E-state index is 6.14. The smallest absolute Gasteiger partial charge is 0.222 e. The molecule has 0 bridgehead atoms. The number of hydrogen-bond acceptors (Lipinski definition) is 7. The molecule has 2 aliphatic heterocycles. The maximum Gasteiger partial charge on any atom is 0.222 e. The van der Waals surface area contributed by atoms with Crippen LogP contribution in [-0.4, -0.2) is 22.9 Å². The van der Waals surface area contributed by atoms with E-state index in [0.29, 0.717) is 26.7 Å². The minimum Gasteiger partial charge on any atom is -0.368 e. The second-order valence-corrected chi connectivity index (χ2v) is 5.85. The van der Waals surface area contributed by atoms with Gasteiger partial charge in [0.05, 0.1) is 0 Å². The summed E-state index contributed by atoms with van der Waals surface area (Å²) in [7, 11) is 0. The summed E-state index contributed by atoms with van der Waals surface area (Å²) >= 11 is 13.5. The SMILES string of the molecule is NC1=NC2=NN=NC2C(SCc2ccc(Cl)cc2Cl)=N1. The number of guanidine groups is 1. The Balaban J connectivity index is 1.76. The fourth-order valence-corrected chi connectivity index (χ4v) is 3.27. The van der Waals surface area contributed by atoms with Crippen LogP contribution in [0, 0.1) is 0 Å². The van der Waals surface area contributed by atoms with E-state index >= 15 is 0 Å². The lowest BCUT2D eigenvalue weighted by atomic mass is 10.2. The fraction of sp³-hybridized carbons (Fsp3) is 0.182. The number of aliphatic imine (C=N–C) groups is 2. The van der Waals surface area contributed by atoms with Crippen LogP contribution in [0.4, 0.5) is 0 Å². The van der Waals surface area contributed by atoms with Crippen LogP contribution in [0.1, 0.15) is 5.56 Å². The number of rotatable bonds is 2. The van der Waals surface area contributed by atoms with E-state index in [9.17, 15) is 0 Å². The first-order chi connectivity index (χ1) is 9.63. The van der Waals surface area contributed by atoms with Gasteiger partial charge in [0.25, 0.3) is 0 Å². The highest BCUT2D eigenvalue weighted by Crippen LogP contribution is 2.28. The summed E-state index contributed by atoms with van der Waals surface area (Å²) in [4.78, 5) is 8.18. The summed E-state index contributed by atoms with van der Waals surface area (Å²) < 4.78 is 0. The maximum atomic E-state index is 6.14. The number of nitrogens with two attached hydrogens (primary N) is 1. The molecule has 0 radical (unpaired) electrons. The molecule has 9 heteroatoms. The van der Waals surface area contributed by atoms with Crippen LogP contribution in [0.15, 0.2) is 43.6 Å². The van der Waals surface area contributed by atoms with Gasteiger partial charge in [-0.3, -0.25) is 0 Å². The van der Waals surface area contributed by atoms with Gasteiger partial charge in [0.2, 0.25) is 5.96 Å². The molecule has 0 aromatic heterocycles. The Labute approximate surface area is 128 Å². The minimum absolute atomic E-state index is 0.164. The number of amidine groups is 1. The third-order valence-electron chi connectivity index (χ3n) is 2.64. The molecule has 6 nitrogen and oxygen atoms in total. The second-order valence-electron chi connectivity index (χ2n) is 4.01. The number of hydrogen-bond donors (Lipinski definition) is 1. The second kappa shape index (κ2) is 5.51. The van der Waals surface area contributed by atoms with Gasteiger partial charge in [-0.1, -0.05) is 29.3 Å². The monoisotopic (exact) mass is 326 g/mol. The average molecular weight is 327 g/mol. The van der Waals surface area contributed by atoms with Crippen molar-refractivity contribution in [2.24, 2.45) is 31.2 Å². The molecule has 0 fully saturated rings. The highest BCUT2D eigenvalue weighted by Gasteiger charge is 2.30. The highest BCUT2D eigenvalue weighted by molar-refractivity contribution is 8.13. The van der Waals surface area contributed by atoms with Crippen molar-refractivity contribution < 1.29 is 0 Å². The Morgan fingerprint density at radius 3 is 2.90 bits per heavy atom. The summed E-state index contributed by atoms with van der Waals surface area (Å²) in [6.07, 6.45) is 0. The molecule has 1 unspecified atom stereocenters. The normalized spacial score (nSPS) is 20.3. The molecule has 3 rings (SSSR count). The first-order valence-electron chi connectivity index (χ1n) is 5.60. The summed E-state index contributed by atoms with van der Waals surface area (Å²) in [5.74, 6) is 1.26. The molecule has 0 aliphatic carbocycles. The number of halogens is 2. The van der Waals surface area contributed by atoms with Gasteiger partial charge in [-0.2, -0.15) is 10.1 Å². The third-order valence-corrected chi connectivity index (χ3v) is 4.29. The lowest BCUT2D eigenvalue weighted by Crippen LogP contribution is -2.31. The first-order valence-corrected chi connectivity index (χ1v) is 7.35. The van der Waals surface area contributed by atoms with Crippen molar-refractivity contribution >= 4 is 51.8 Å². The Morgan fingerprint density at radius 2 is 2.10 bits per heavy atom. The van der Waals surface area contributed by atoms with Crippen LogP contribution < -0.4 is 5.73 Å². The quantitative estimate of drug-likeness (QED) is 0.904. The molecule has 20 heavy (non-hydrogen) atoms. The highest BCUT2D eigenvalue weighted by atomic mass is 35.5.